The van der Waals surface area contributed by atoms with E-state index in [9.17, 15) is 9.59 Å². The number of nitrogens with zero attached hydrogens (tertiary/aromatic N) is 3. The van der Waals surface area contributed by atoms with Gasteiger partial charge in [-0.25, -0.2) is 4.98 Å². The first-order valence-electron chi connectivity index (χ1n) is 8.86. The third-order valence-electron chi connectivity index (χ3n) is 5.08. The summed E-state index contributed by atoms with van der Waals surface area (Å²) in [7, 11) is 0. The Morgan fingerprint density at radius 1 is 1.32 bits per heavy atom. The first kappa shape index (κ1) is 15.9. The van der Waals surface area contributed by atoms with Gasteiger partial charge in [0.15, 0.2) is 0 Å². The average Bonchev–Trinajstić information content (AvgIpc) is 3.40. The number of nitrogens with one attached hydrogen (secondary N) is 1. The minimum atomic E-state index is -0.200. The molecule has 132 valence electrons. The van der Waals surface area contributed by atoms with Crippen molar-refractivity contribution in [1.29, 1.82) is 0 Å². The molecule has 2 amide bonds. The summed E-state index contributed by atoms with van der Waals surface area (Å²) in [5.74, 6) is 0.756. The number of hydrogen-bond donors (Lipinski definition) is 1. The highest BCUT2D eigenvalue weighted by Crippen LogP contribution is 2.25. The summed E-state index contributed by atoms with van der Waals surface area (Å²) in [6.07, 6.45) is 6.95. The standard InChI is InChI=1S/C18H22N4O3/c23-17(19-10-14-4-3-9-25-14)16-15-6-5-13(11-22(15)12-20-16)18(24)21-7-1-2-8-21/h3-4,9,12-13H,1-2,5-8,10-11H2,(H,19,23). The summed E-state index contributed by atoms with van der Waals surface area (Å²) in [5.41, 5.74) is 1.38. The Hall–Kier alpha value is -2.57. The SMILES string of the molecule is O=C(NCc1ccco1)c1ncn2c1CCC(C(=O)N1CCCC1)C2. The molecule has 2 aliphatic heterocycles. The zero-order valence-corrected chi connectivity index (χ0v) is 14.1. The fourth-order valence-electron chi connectivity index (χ4n) is 3.72. The Kier molecular flexibility index (Phi) is 4.29. The number of amides is 2. The minimum absolute atomic E-state index is 0.00108. The van der Waals surface area contributed by atoms with Crippen LogP contribution < -0.4 is 5.32 Å². The van der Waals surface area contributed by atoms with E-state index >= 15 is 0 Å². The Labute approximate surface area is 146 Å². The zero-order chi connectivity index (χ0) is 17.2. The average molecular weight is 342 g/mol. The number of furan rings is 1. The summed E-state index contributed by atoms with van der Waals surface area (Å²) in [6.45, 7) is 2.72. The maximum absolute atomic E-state index is 12.6. The highest BCUT2D eigenvalue weighted by Gasteiger charge is 2.31. The number of carbonyl (C=O) groups is 2. The third-order valence-corrected chi connectivity index (χ3v) is 5.08. The molecule has 0 radical (unpaired) electrons. The smallest absolute Gasteiger partial charge is 0.272 e. The molecule has 2 aliphatic rings. The molecule has 0 aliphatic carbocycles. The molecule has 25 heavy (non-hydrogen) atoms. The summed E-state index contributed by atoms with van der Waals surface area (Å²) in [4.78, 5) is 31.2. The van der Waals surface area contributed by atoms with Gasteiger partial charge < -0.3 is 19.2 Å². The molecule has 4 rings (SSSR count). The molecule has 1 atom stereocenters. The molecule has 1 N–H and O–H groups in total. The van der Waals surface area contributed by atoms with Gasteiger partial charge in [-0.05, 0) is 37.8 Å². The van der Waals surface area contributed by atoms with Gasteiger partial charge in [-0.1, -0.05) is 0 Å². The van der Waals surface area contributed by atoms with Crippen molar-refractivity contribution in [2.75, 3.05) is 13.1 Å². The van der Waals surface area contributed by atoms with Gasteiger partial charge in [0.25, 0.3) is 5.91 Å². The van der Waals surface area contributed by atoms with Gasteiger partial charge in [-0.3, -0.25) is 9.59 Å². The third kappa shape index (κ3) is 3.18. The van der Waals surface area contributed by atoms with Crippen molar-refractivity contribution < 1.29 is 14.0 Å². The molecule has 2 aromatic heterocycles. The maximum Gasteiger partial charge on any atom is 0.272 e. The fourth-order valence-corrected chi connectivity index (χ4v) is 3.72. The van der Waals surface area contributed by atoms with Crippen LogP contribution >= 0.6 is 0 Å². The summed E-state index contributed by atoms with van der Waals surface area (Å²) in [6, 6.07) is 3.61. The Bertz CT molecular complexity index is 759. The van der Waals surface area contributed by atoms with Crippen LogP contribution in [-0.2, 0) is 24.3 Å². The van der Waals surface area contributed by atoms with Gasteiger partial charge in [-0.15, -0.1) is 0 Å². The predicted molar refractivity (Wildman–Crippen MR) is 89.7 cm³/mol. The lowest BCUT2D eigenvalue weighted by Crippen LogP contribution is -2.38. The molecule has 1 fully saturated rings. The van der Waals surface area contributed by atoms with E-state index in [0.29, 0.717) is 31.0 Å². The van der Waals surface area contributed by atoms with Crippen molar-refractivity contribution in [3.63, 3.8) is 0 Å². The van der Waals surface area contributed by atoms with Crippen molar-refractivity contribution in [2.24, 2.45) is 5.92 Å². The van der Waals surface area contributed by atoms with Gasteiger partial charge >= 0.3 is 0 Å². The molecule has 4 heterocycles. The highest BCUT2D eigenvalue weighted by molar-refractivity contribution is 5.93. The second kappa shape index (κ2) is 6.74. The van der Waals surface area contributed by atoms with Crippen molar-refractivity contribution in [3.8, 4) is 0 Å². The van der Waals surface area contributed by atoms with Crippen molar-refractivity contribution >= 4 is 11.8 Å². The monoisotopic (exact) mass is 342 g/mol. The first-order valence-corrected chi connectivity index (χ1v) is 8.86. The normalized spacial score (nSPS) is 19.7. The molecule has 0 aromatic carbocycles. The molecule has 0 bridgehead atoms. The van der Waals surface area contributed by atoms with Crippen molar-refractivity contribution in [2.45, 2.75) is 38.8 Å². The van der Waals surface area contributed by atoms with Crippen LogP contribution in [0.25, 0.3) is 0 Å². The van der Waals surface area contributed by atoms with Crippen molar-refractivity contribution in [3.05, 3.63) is 41.9 Å². The second-order valence-corrected chi connectivity index (χ2v) is 6.72. The lowest BCUT2D eigenvalue weighted by atomic mass is 9.95. The molecule has 0 spiro atoms. The van der Waals surface area contributed by atoms with E-state index in [2.05, 4.69) is 10.3 Å². The van der Waals surface area contributed by atoms with Crippen LogP contribution in [0, 0.1) is 5.92 Å². The topological polar surface area (TPSA) is 80.4 Å². The lowest BCUT2D eigenvalue weighted by Gasteiger charge is -2.27. The maximum atomic E-state index is 12.6. The van der Waals surface area contributed by atoms with Crippen molar-refractivity contribution in [1.82, 2.24) is 19.8 Å². The molecule has 1 saturated heterocycles. The van der Waals surface area contributed by atoms with Crippen LogP contribution in [0.4, 0.5) is 0 Å². The number of hydrogen-bond acceptors (Lipinski definition) is 4. The second-order valence-electron chi connectivity index (χ2n) is 6.72. The molecule has 1 unspecified atom stereocenters. The van der Waals surface area contributed by atoms with Crippen LogP contribution in [0.5, 0.6) is 0 Å². The van der Waals surface area contributed by atoms with E-state index in [1.165, 1.54) is 0 Å². The van der Waals surface area contributed by atoms with E-state index in [0.717, 1.165) is 38.0 Å². The van der Waals surface area contributed by atoms with E-state index < -0.39 is 0 Å². The molecular weight excluding hydrogens is 320 g/mol. The van der Waals surface area contributed by atoms with Crippen LogP contribution in [0.15, 0.2) is 29.1 Å². The fraction of sp³-hybridized carbons (Fsp3) is 0.500. The lowest BCUT2D eigenvalue weighted by molar-refractivity contribution is -0.135. The summed E-state index contributed by atoms with van der Waals surface area (Å²) in [5, 5.41) is 2.83. The zero-order valence-electron chi connectivity index (χ0n) is 14.1. The van der Waals surface area contributed by atoms with E-state index in [1.807, 2.05) is 15.5 Å². The number of likely N-dealkylation sites (tertiary alicyclic amines) is 1. The quantitative estimate of drug-likeness (QED) is 0.915. The molecular formula is C18H22N4O3. The molecule has 0 saturated carbocycles. The number of imidazole rings is 1. The Morgan fingerprint density at radius 3 is 2.92 bits per heavy atom. The number of fused-ring (bicyclic) bond motifs is 1. The molecule has 7 heteroatoms. The van der Waals surface area contributed by atoms with E-state index in [1.54, 1.807) is 18.7 Å². The number of carbonyl (C=O) groups excluding carboxylic acids is 2. The van der Waals surface area contributed by atoms with Gasteiger partial charge in [0.05, 0.1) is 30.7 Å². The number of rotatable bonds is 4. The molecule has 7 nitrogen and oxygen atoms in total. The summed E-state index contributed by atoms with van der Waals surface area (Å²) < 4.78 is 7.18. The molecule has 2 aromatic rings. The van der Waals surface area contributed by atoms with Crippen LogP contribution in [0.1, 0.15) is 41.2 Å². The van der Waals surface area contributed by atoms with E-state index in [-0.39, 0.29) is 17.7 Å². The highest BCUT2D eigenvalue weighted by atomic mass is 16.3. The first-order chi connectivity index (χ1) is 12.2. The van der Waals surface area contributed by atoms with Crippen LogP contribution in [0.2, 0.25) is 0 Å². The van der Waals surface area contributed by atoms with Gasteiger partial charge in [0.2, 0.25) is 5.91 Å². The summed E-state index contributed by atoms with van der Waals surface area (Å²) >= 11 is 0. The van der Waals surface area contributed by atoms with E-state index in [4.69, 9.17) is 4.42 Å². The largest absolute Gasteiger partial charge is 0.467 e. The van der Waals surface area contributed by atoms with Gasteiger partial charge in [0, 0.05) is 19.6 Å². The Balaban J connectivity index is 1.41. The van der Waals surface area contributed by atoms with Gasteiger partial charge in [-0.2, -0.15) is 0 Å². The van der Waals surface area contributed by atoms with Gasteiger partial charge in [0.1, 0.15) is 11.5 Å². The van der Waals surface area contributed by atoms with Crippen LogP contribution in [0.3, 0.4) is 0 Å². The predicted octanol–water partition coefficient (Wildman–Crippen LogP) is 1.59. The minimum Gasteiger partial charge on any atom is -0.467 e. The Morgan fingerprint density at radius 2 is 2.16 bits per heavy atom. The number of aromatic nitrogens is 2. The van der Waals surface area contributed by atoms with Crippen LogP contribution in [-0.4, -0.2) is 39.4 Å².